The van der Waals surface area contributed by atoms with Gasteiger partial charge in [0, 0.05) is 44.0 Å². The first kappa shape index (κ1) is 18.8. The minimum Gasteiger partial charge on any atom is -0.378 e. The maximum absolute atomic E-state index is 11.9. The number of hydrogen-bond donors (Lipinski definition) is 2. The maximum Gasteiger partial charge on any atom is 0.244 e. The lowest BCUT2D eigenvalue weighted by atomic mass is 10.2. The maximum atomic E-state index is 11.9. The zero-order valence-corrected chi connectivity index (χ0v) is 15.5. The lowest BCUT2D eigenvalue weighted by Crippen LogP contribution is -2.37. The fourth-order valence-electron chi connectivity index (χ4n) is 2.74. The molecule has 1 amide bonds. The molecule has 1 fully saturated rings. The van der Waals surface area contributed by atoms with Crippen molar-refractivity contribution in [2.45, 2.75) is 6.92 Å². The molecule has 2 heterocycles. The van der Waals surface area contributed by atoms with Gasteiger partial charge in [0.15, 0.2) is 0 Å². The van der Waals surface area contributed by atoms with Gasteiger partial charge >= 0.3 is 0 Å². The summed E-state index contributed by atoms with van der Waals surface area (Å²) < 4.78 is 5.39. The Bertz CT molecular complexity index is 773. The van der Waals surface area contributed by atoms with E-state index in [0.717, 1.165) is 30.2 Å². The number of benzene rings is 1. The Morgan fingerprint density at radius 2 is 1.96 bits per heavy atom. The molecule has 0 aliphatic carbocycles. The SMILES string of the molecule is Cc1cc(N2CCOCC2)nc(NCCNC(=O)/C=C/c2ccccc2)n1. The van der Waals surface area contributed by atoms with Crippen LogP contribution >= 0.6 is 0 Å². The van der Waals surface area contributed by atoms with E-state index in [4.69, 9.17) is 4.74 Å². The predicted molar refractivity (Wildman–Crippen MR) is 107 cm³/mol. The highest BCUT2D eigenvalue weighted by Crippen LogP contribution is 2.16. The number of rotatable bonds is 7. The molecule has 1 aliphatic heterocycles. The highest BCUT2D eigenvalue weighted by molar-refractivity contribution is 5.91. The normalized spacial score (nSPS) is 14.3. The van der Waals surface area contributed by atoms with Crippen LogP contribution in [0.15, 0.2) is 42.5 Å². The summed E-state index contributed by atoms with van der Waals surface area (Å²) in [5.41, 5.74) is 1.90. The number of amides is 1. The summed E-state index contributed by atoms with van der Waals surface area (Å²) >= 11 is 0. The molecule has 7 nitrogen and oxygen atoms in total. The monoisotopic (exact) mass is 367 g/mol. The van der Waals surface area contributed by atoms with Crippen LogP contribution in [0.5, 0.6) is 0 Å². The van der Waals surface area contributed by atoms with E-state index in [2.05, 4.69) is 25.5 Å². The number of anilines is 2. The topological polar surface area (TPSA) is 79.4 Å². The molecule has 2 aromatic rings. The predicted octanol–water partition coefficient (Wildman–Crippen LogP) is 1.86. The second-order valence-electron chi connectivity index (χ2n) is 6.25. The Hall–Kier alpha value is -2.93. The molecule has 0 bridgehead atoms. The van der Waals surface area contributed by atoms with Gasteiger partial charge in [-0.25, -0.2) is 4.98 Å². The molecule has 27 heavy (non-hydrogen) atoms. The van der Waals surface area contributed by atoms with Gasteiger partial charge in [0.1, 0.15) is 5.82 Å². The van der Waals surface area contributed by atoms with E-state index >= 15 is 0 Å². The molecular weight excluding hydrogens is 342 g/mol. The van der Waals surface area contributed by atoms with E-state index in [1.54, 1.807) is 6.08 Å². The molecule has 0 atom stereocenters. The van der Waals surface area contributed by atoms with Crippen LogP contribution in [0.2, 0.25) is 0 Å². The molecule has 1 aromatic carbocycles. The third kappa shape index (κ3) is 6.07. The second-order valence-corrected chi connectivity index (χ2v) is 6.25. The summed E-state index contributed by atoms with van der Waals surface area (Å²) in [6.07, 6.45) is 3.33. The van der Waals surface area contributed by atoms with Crippen LogP contribution < -0.4 is 15.5 Å². The lowest BCUT2D eigenvalue weighted by molar-refractivity contribution is -0.116. The molecule has 2 N–H and O–H groups in total. The van der Waals surface area contributed by atoms with Gasteiger partial charge in [-0.05, 0) is 18.6 Å². The number of carbonyl (C=O) groups is 1. The van der Waals surface area contributed by atoms with Crippen LogP contribution in [0, 0.1) is 6.92 Å². The number of nitrogens with zero attached hydrogens (tertiary/aromatic N) is 3. The van der Waals surface area contributed by atoms with E-state index in [-0.39, 0.29) is 5.91 Å². The van der Waals surface area contributed by atoms with Crippen LogP contribution in [0.1, 0.15) is 11.3 Å². The molecule has 7 heteroatoms. The molecular formula is C20H25N5O2. The summed E-state index contributed by atoms with van der Waals surface area (Å²) in [5, 5.41) is 6.02. The van der Waals surface area contributed by atoms with Gasteiger partial charge in [0.25, 0.3) is 0 Å². The van der Waals surface area contributed by atoms with E-state index in [9.17, 15) is 4.79 Å². The zero-order valence-electron chi connectivity index (χ0n) is 15.5. The summed E-state index contributed by atoms with van der Waals surface area (Å²) in [4.78, 5) is 23.0. The number of aryl methyl sites for hydroxylation is 1. The molecule has 1 aromatic heterocycles. The van der Waals surface area contributed by atoms with Crippen LogP contribution in [0.4, 0.5) is 11.8 Å². The summed E-state index contributed by atoms with van der Waals surface area (Å²) in [7, 11) is 0. The average Bonchev–Trinajstić information content (AvgIpc) is 2.71. The fraction of sp³-hybridized carbons (Fsp3) is 0.350. The van der Waals surface area contributed by atoms with Gasteiger partial charge < -0.3 is 20.3 Å². The van der Waals surface area contributed by atoms with Crippen molar-refractivity contribution in [1.29, 1.82) is 0 Å². The van der Waals surface area contributed by atoms with Gasteiger partial charge in [0.2, 0.25) is 11.9 Å². The van der Waals surface area contributed by atoms with Crippen LogP contribution in [0.25, 0.3) is 6.08 Å². The summed E-state index contributed by atoms with van der Waals surface area (Å²) in [5.74, 6) is 1.36. The van der Waals surface area contributed by atoms with Crippen molar-refractivity contribution in [3.8, 4) is 0 Å². The van der Waals surface area contributed by atoms with Crippen molar-refractivity contribution < 1.29 is 9.53 Å². The molecule has 1 saturated heterocycles. The standard InChI is InChI=1S/C20H25N5O2/c1-16-15-18(25-11-13-27-14-12-25)24-20(23-16)22-10-9-21-19(26)8-7-17-5-3-2-4-6-17/h2-8,15H,9-14H2,1H3,(H,21,26)(H,22,23,24)/b8-7+. The molecule has 0 radical (unpaired) electrons. The van der Waals surface area contributed by atoms with Gasteiger partial charge in [0.05, 0.1) is 13.2 Å². The Balaban J connectivity index is 1.45. The van der Waals surface area contributed by atoms with Crippen molar-refractivity contribution in [3.05, 3.63) is 53.7 Å². The highest BCUT2D eigenvalue weighted by atomic mass is 16.5. The summed E-state index contributed by atoms with van der Waals surface area (Å²) in [6, 6.07) is 11.7. The number of morpholine rings is 1. The highest BCUT2D eigenvalue weighted by Gasteiger charge is 2.14. The Kier molecular flexibility index (Phi) is 6.76. The Morgan fingerprint density at radius 1 is 1.19 bits per heavy atom. The van der Waals surface area contributed by atoms with E-state index < -0.39 is 0 Å². The van der Waals surface area contributed by atoms with E-state index in [1.807, 2.05) is 43.3 Å². The van der Waals surface area contributed by atoms with Crippen LogP contribution in [-0.2, 0) is 9.53 Å². The molecule has 1 aliphatic rings. The Labute approximate surface area is 159 Å². The van der Waals surface area contributed by atoms with Crippen LogP contribution in [-0.4, -0.2) is 55.3 Å². The molecule has 0 unspecified atom stereocenters. The number of carbonyl (C=O) groups excluding carboxylic acids is 1. The average molecular weight is 367 g/mol. The Morgan fingerprint density at radius 3 is 2.74 bits per heavy atom. The minimum absolute atomic E-state index is 0.125. The number of ether oxygens (including phenoxy) is 1. The quantitative estimate of drug-likeness (QED) is 0.574. The van der Waals surface area contributed by atoms with Gasteiger partial charge in [-0.3, -0.25) is 4.79 Å². The molecule has 142 valence electrons. The zero-order chi connectivity index (χ0) is 18.9. The molecule has 3 rings (SSSR count). The first-order valence-electron chi connectivity index (χ1n) is 9.14. The van der Waals surface area contributed by atoms with Gasteiger partial charge in [-0.1, -0.05) is 30.3 Å². The van der Waals surface area contributed by atoms with Crippen molar-refractivity contribution in [2.24, 2.45) is 0 Å². The number of nitrogens with one attached hydrogen (secondary N) is 2. The minimum atomic E-state index is -0.125. The first-order chi connectivity index (χ1) is 13.2. The summed E-state index contributed by atoms with van der Waals surface area (Å²) in [6.45, 7) is 6.09. The third-order valence-corrected chi connectivity index (χ3v) is 4.11. The van der Waals surface area contributed by atoms with E-state index in [1.165, 1.54) is 6.08 Å². The smallest absolute Gasteiger partial charge is 0.244 e. The van der Waals surface area contributed by atoms with Gasteiger partial charge in [-0.2, -0.15) is 4.98 Å². The van der Waals surface area contributed by atoms with Crippen molar-refractivity contribution in [2.75, 3.05) is 49.6 Å². The largest absolute Gasteiger partial charge is 0.378 e. The first-order valence-corrected chi connectivity index (χ1v) is 9.14. The molecule has 0 spiro atoms. The van der Waals surface area contributed by atoms with Crippen molar-refractivity contribution in [3.63, 3.8) is 0 Å². The van der Waals surface area contributed by atoms with Crippen molar-refractivity contribution in [1.82, 2.24) is 15.3 Å². The number of hydrogen-bond acceptors (Lipinski definition) is 6. The molecule has 0 saturated carbocycles. The fourth-order valence-corrected chi connectivity index (χ4v) is 2.74. The van der Waals surface area contributed by atoms with Gasteiger partial charge in [-0.15, -0.1) is 0 Å². The van der Waals surface area contributed by atoms with Crippen molar-refractivity contribution >= 4 is 23.7 Å². The third-order valence-electron chi connectivity index (χ3n) is 4.11. The number of aromatic nitrogens is 2. The van der Waals surface area contributed by atoms with Crippen LogP contribution in [0.3, 0.4) is 0 Å². The second kappa shape index (κ2) is 9.68. The van der Waals surface area contributed by atoms with E-state index in [0.29, 0.717) is 32.3 Å². The lowest BCUT2D eigenvalue weighted by Gasteiger charge is -2.28.